The van der Waals surface area contributed by atoms with Gasteiger partial charge in [0.15, 0.2) is 0 Å². The second-order valence-electron chi connectivity index (χ2n) is 8.02. The van der Waals surface area contributed by atoms with Gasteiger partial charge in [0, 0.05) is 42.1 Å². The molecule has 7 heteroatoms. The van der Waals surface area contributed by atoms with Crippen LogP contribution in [0.15, 0.2) is 91.4 Å². The fraction of sp³-hybridized carbons (Fsp3) is 0.0714. The Balaban J connectivity index is 1.46. The molecule has 0 spiro atoms. The molecular weight excluding hydrogens is 436 g/mol. The molecule has 1 amide bonds. The Bertz CT molecular complexity index is 1380. The highest BCUT2D eigenvalue weighted by molar-refractivity contribution is 6.12. The van der Waals surface area contributed by atoms with Crippen LogP contribution in [-0.4, -0.2) is 21.6 Å². The van der Waals surface area contributed by atoms with Gasteiger partial charge in [-0.05, 0) is 84.8 Å². The number of hydrogen-bond donors (Lipinski definition) is 4. The van der Waals surface area contributed by atoms with Gasteiger partial charge in [-0.3, -0.25) is 14.8 Å². The third kappa shape index (κ3) is 6.17. The highest BCUT2D eigenvalue weighted by Gasteiger charge is 2.12. The Morgan fingerprint density at radius 1 is 1.00 bits per heavy atom. The summed E-state index contributed by atoms with van der Waals surface area (Å²) >= 11 is 0. The lowest BCUT2D eigenvalue weighted by atomic mass is 10.1. The number of para-hydroxylation sites is 1. The van der Waals surface area contributed by atoms with Crippen molar-refractivity contribution in [2.45, 2.75) is 13.5 Å². The lowest BCUT2D eigenvalue weighted by Gasteiger charge is -2.14. The number of pyridine rings is 2. The zero-order valence-corrected chi connectivity index (χ0v) is 19.3. The van der Waals surface area contributed by atoms with Crippen molar-refractivity contribution < 1.29 is 4.79 Å². The first kappa shape index (κ1) is 23.4. The van der Waals surface area contributed by atoms with Crippen molar-refractivity contribution >= 4 is 34.8 Å². The topological polar surface area (TPSA) is 117 Å². The fourth-order valence-corrected chi connectivity index (χ4v) is 3.52. The summed E-state index contributed by atoms with van der Waals surface area (Å²) in [5.41, 5.74) is 12.4. The van der Waals surface area contributed by atoms with Gasteiger partial charge in [0.25, 0.3) is 5.91 Å². The van der Waals surface area contributed by atoms with Crippen LogP contribution in [0.1, 0.15) is 32.7 Å². The normalized spacial score (nSPS) is 10.8. The molecule has 35 heavy (non-hydrogen) atoms. The van der Waals surface area contributed by atoms with Crippen LogP contribution >= 0.6 is 0 Å². The average molecular weight is 463 g/mol. The molecule has 7 nitrogen and oxygen atoms in total. The molecule has 0 fully saturated rings. The van der Waals surface area contributed by atoms with Crippen LogP contribution in [0.3, 0.4) is 0 Å². The SMILES string of the molecule is Cc1ccnc(/C=C/C(=N)c2ccc(Nc3ccccc3C(=O)NCc3ccncc3)cc2N)c1. The summed E-state index contributed by atoms with van der Waals surface area (Å²) in [5.74, 6) is -0.189. The van der Waals surface area contributed by atoms with E-state index < -0.39 is 0 Å². The number of hydrogen-bond acceptors (Lipinski definition) is 6. The Hall–Kier alpha value is -4.78. The number of carbonyl (C=O) groups excluding carboxylic acids is 1. The maximum absolute atomic E-state index is 12.8. The maximum Gasteiger partial charge on any atom is 0.253 e. The number of nitrogens with two attached hydrogens (primary N) is 1. The van der Waals surface area contributed by atoms with Crippen molar-refractivity contribution in [3.8, 4) is 0 Å². The Kier molecular flexibility index (Phi) is 7.28. The van der Waals surface area contributed by atoms with E-state index in [0.29, 0.717) is 29.0 Å². The minimum atomic E-state index is -0.189. The lowest BCUT2D eigenvalue weighted by molar-refractivity contribution is 0.0951. The Labute approximate surface area is 204 Å². The molecule has 2 aromatic carbocycles. The van der Waals surface area contributed by atoms with Gasteiger partial charge in [-0.2, -0.15) is 0 Å². The summed E-state index contributed by atoms with van der Waals surface area (Å²) in [6.45, 7) is 2.40. The summed E-state index contributed by atoms with van der Waals surface area (Å²) in [5, 5.41) is 14.6. The van der Waals surface area contributed by atoms with Crippen LogP contribution < -0.4 is 16.4 Å². The summed E-state index contributed by atoms with van der Waals surface area (Å²) < 4.78 is 0. The molecule has 4 aromatic rings. The van der Waals surface area contributed by atoms with E-state index in [-0.39, 0.29) is 11.6 Å². The summed E-state index contributed by atoms with van der Waals surface area (Å²) in [6, 6.07) is 20.3. The number of amides is 1. The van der Waals surface area contributed by atoms with E-state index in [9.17, 15) is 4.79 Å². The number of carbonyl (C=O) groups is 1. The number of aromatic nitrogens is 2. The van der Waals surface area contributed by atoms with Crippen LogP contribution in [0.5, 0.6) is 0 Å². The van der Waals surface area contributed by atoms with Crippen molar-refractivity contribution in [3.63, 3.8) is 0 Å². The lowest BCUT2D eigenvalue weighted by Crippen LogP contribution is -2.23. The summed E-state index contributed by atoms with van der Waals surface area (Å²) in [7, 11) is 0. The molecule has 0 aliphatic rings. The molecule has 2 aromatic heterocycles. The number of anilines is 3. The molecule has 0 atom stereocenters. The molecule has 0 aliphatic carbocycles. The molecule has 2 heterocycles. The van der Waals surface area contributed by atoms with Gasteiger partial charge in [-0.1, -0.05) is 12.1 Å². The molecule has 0 saturated carbocycles. The van der Waals surface area contributed by atoms with Crippen molar-refractivity contribution in [2.75, 3.05) is 11.1 Å². The number of benzene rings is 2. The smallest absolute Gasteiger partial charge is 0.253 e. The molecule has 174 valence electrons. The molecule has 0 radical (unpaired) electrons. The van der Waals surface area contributed by atoms with E-state index in [2.05, 4.69) is 20.6 Å². The first-order valence-corrected chi connectivity index (χ1v) is 11.1. The van der Waals surface area contributed by atoms with E-state index >= 15 is 0 Å². The Morgan fingerprint density at radius 3 is 2.57 bits per heavy atom. The largest absolute Gasteiger partial charge is 0.398 e. The molecule has 0 unspecified atom stereocenters. The van der Waals surface area contributed by atoms with Gasteiger partial charge in [0.1, 0.15) is 0 Å². The minimum absolute atomic E-state index is 0.189. The van der Waals surface area contributed by atoms with Crippen LogP contribution in [0.4, 0.5) is 17.1 Å². The first-order chi connectivity index (χ1) is 17.0. The van der Waals surface area contributed by atoms with Gasteiger partial charge < -0.3 is 21.8 Å². The predicted octanol–water partition coefficient (Wildman–Crippen LogP) is 5.12. The van der Waals surface area contributed by atoms with E-state index in [1.807, 2.05) is 55.5 Å². The van der Waals surface area contributed by atoms with Gasteiger partial charge in [-0.25, -0.2) is 0 Å². The fourth-order valence-electron chi connectivity index (χ4n) is 3.52. The van der Waals surface area contributed by atoms with Crippen molar-refractivity contribution in [2.24, 2.45) is 0 Å². The van der Waals surface area contributed by atoms with Crippen molar-refractivity contribution in [1.29, 1.82) is 5.41 Å². The van der Waals surface area contributed by atoms with Crippen molar-refractivity contribution in [1.82, 2.24) is 15.3 Å². The van der Waals surface area contributed by atoms with Crippen LogP contribution in [0.2, 0.25) is 0 Å². The third-order valence-corrected chi connectivity index (χ3v) is 5.35. The van der Waals surface area contributed by atoms with Gasteiger partial charge in [0.2, 0.25) is 0 Å². The monoisotopic (exact) mass is 462 g/mol. The number of nitrogen functional groups attached to an aromatic ring is 1. The zero-order chi connectivity index (χ0) is 24.6. The van der Waals surface area contributed by atoms with E-state index in [1.165, 1.54) is 0 Å². The highest BCUT2D eigenvalue weighted by Crippen LogP contribution is 2.25. The molecule has 0 aliphatic heterocycles. The molecular formula is C28H26N6O. The van der Waals surface area contributed by atoms with Gasteiger partial charge in [-0.15, -0.1) is 0 Å². The summed E-state index contributed by atoms with van der Waals surface area (Å²) in [6.07, 6.45) is 8.61. The van der Waals surface area contributed by atoms with Crippen LogP contribution in [0, 0.1) is 12.3 Å². The van der Waals surface area contributed by atoms with Crippen LogP contribution in [-0.2, 0) is 6.54 Å². The number of aryl methyl sites for hydroxylation is 1. The standard InChI is InChI=1S/C28H26N6O/c1-19-10-15-32-21(16-19)7-9-25(29)23-8-6-22(17-26(23)30)34-27-5-3-2-4-24(27)28(35)33-18-20-11-13-31-14-12-20/h2-17,29,34H,18,30H2,1H3,(H,33,35)/b9-7+,29-25?. The second kappa shape index (κ2) is 10.9. The number of allylic oxidation sites excluding steroid dienone is 1. The van der Waals surface area contributed by atoms with E-state index in [1.54, 1.807) is 48.9 Å². The second-order valence-corrected chi connectivity index (χ2v) is 8.02. The Morgan fingerprint density at radius 2 is 1.80 bits per heavy atom. The number of rotatable bonds is 8. The van der Waals surface area contributed by atoms with Gasteiger partial charge >= 0.3 is 0 Å². The number of nitrogens with one attached hydrogen (secondary N) is 3. The molecule has 4 rings (SSSR count). The molecule has 0 saturated heterocycles. The maximum atomic E-state index is 12.8. The van der Waals surface area contributed by atoms with E-state index in [4.69, 9.17) is 11.1 Å². The van der Waals surface area contributed by atoms with Crippen molar-refractivity contribution in [3.05, 3.63) is 119 Å². The quantitative estimate of drug-likeness (QED) is 0.214. The minimum Gasteiger partial charge on any atom is -0.398 e. The van der Waals surface area contributed by atoms with E-state index in [0.717, 1.165) is 22.5 Å². The third-order valence-electron chi connectivity index (χ3n) is 5.35. The zero-order valence-electron chi connectivity index (χ0n) is 19.3. The molecule has 0 bridgehead atoms. The molecule has 5 N–H and O–H groups in total. The number of nitrogens with zero attached hydrogens (tertiary/aromatic N) is 2. The van der Waals surface area contributed by atoms with Gasteiger partial charge in [0.05, 0.1) is 22.7 Å². The van der Waals surface area contributed by atoms with Crippen LogP contribution in [0.25, 0.3) is 6.08 Å². The predicted molar refractivity (Wildman–Crippen MR) is 141 cm³/mol. The average Bonchev–Trinajstić information content (AvgIpc) is 2.87. The highest BCUT2D eigenvalue weighted by atomic mass is 16.1. The first-order valence-electron chi connectivity index (χ1n) is 11.1. The summed E-state index contributed by atoms with van der Waals surface area (Å²) in [4.78, 5) is 21.1.